The molecule has 5 nitrogen and oxygen atoms in total. The van der Waals surface area contributed by atoms with E-state index in [1.807, 2.05) is 0 Å². The van der Waals surface area contributed by atoms with E-state index in [0.717, 1.165) is 6.07 Å². The predicted octanol–water partition coefficient (Wildman–Crippen LogP) is 1.13. The highest BCUT2D eigenvalue weighted by Gasteiger charge is 2.16. The summed E-state index contributed by atoms with van der Waals surface area (Å²) >= 11 is 5.83. The second-order valence-corrected chi connectivity index (χ2v) is 5.78. The molecule has 0 heterocycles. The molecule has 0 saturated carbocycles. The van der Waals surface area contributed by atoms with Crippen LogP contribution in [-0.2, 0) is 10.0 Å². The summed E-state index contributed by atoms with van der Waals surface area (Å²) in [4.78, 5) is 11.6. The third-order valence-electron chi connectivity index (χ3n) is 1.93. The van der Waals surface area contributed by atoms with Crippen molar-refractivity contribution in [3.05, 3.63) is 28.8 Å². The van der Waals surface area contributed by atoms with Crippen molar-refractivity contribution in [2.24, 2.45) is 5.14 Å². The minimum absolute atomic E-state index is 0.0725. The van der Waals surface area contributed by atoms with E-state index in [0.29, 0.717) is 0 Å². The number of benzene rings is 1. The molecule has 94 valence electrons. The number of hydrogen-bond acceptors (Lipinski definition) is 3. The van der Waals surface area contributed by atoms with Crippen LogP contribution >= 0.6 is 11.6 Å². The first-order chi connectivity index (χ1) is 7.71. The molecule has 7 heteroatoms. The zero-order chi connectivity index (χ0) is 13.2. The minimum atomic E-state index is -3.84. The molecule has 17 heavy (non-hydrogen) atoms. The molecule has 0 spiro atoms. The van der Waals surface area contributed by atoms with Crippen molar-refractivity contribution in [1.82, 2.24) is 5.32 Å². The maximum absolute atomic E-state index is 11.7. The molecule has 1 aromatic carbocycles. The molecule has 0 fully saturated rings. The number of primary sulfonamides is 1. The van der Waals surface area contributed by atoms with Gasteiger partial charge in [-0.2, -0.15) is 0 Å². The van der Waals surface area contributed by atoms with Crippen LogP contribution in [0.5, 0.6) is 0 Å². The van der Waals surface area contributed by atoms with Gasteiger partial charge in [0.05, 0.1) is 15.5 Å². The van der Waals surface area contributed by atoms with Crippen LogP contribution in [-0.4, -0.2) is 20.4 Å². The van der Waals surface area contributed by atoms with Crippen molar-refractivity contribution >= 4 is 27.5 Å². The summed E-state index contributed by atoms with van der Waals surface area (Å²) < 4.78 is 22.3. The zero-order valence-electron chi connectivity index (χ0n) is 9.40. The van der Waals surface area contributed by atoms with Crippen LogP contribution in [0, 0.1) is 0 Å². The SMILES string of the molecule is CC(C)NC(=O)c1cc(S(N)(=O)=O)ccc1Cl. The molecule has 1 rings (SSSR count). The van der Waals surface area contributed by atoms with Crippen LogP contribution in [0.3, 0.4) is 0 Å². The van der Waals surface area contributed by atoms with Gasteiger partial charge >= 0.3 is 0 Å². The molecule has 1 aromatic rings. The lowest BCUT2D eigenvalue weighted by Crippen LogP contribution is -2.30. The van der Waals surface area contributed by atoms with E-state index in [2.05, 4.69) is 5.32 Å². The summed E-state index contributed by atoms with van der Waals surface area (Å²) in [5.74, 6) is -0.435. The van der Waals surface area contributed by atoms with Gasteiger partial charge in [-0.3, -0.25) is 4.79 Å². The monoisotopic (exact) mass is 276 g/mol. The molecule has 0 aliphatic rings. The quantitative estimate of drug-likeness (QED) is 0.867. The molecule has 0 atom stereocenters. The lowest BCUT2D eigenvalue weighted by atomic mass is 10.2. The molecular formula is C10H13ClN2O3S. The first kappa shape index (κ1) is 14.0. The normalized spacial score (nSPS) is 11.6. The van der Waals surface area contributed by atoms with Gasteiger partial charge in [-0.1, -0.05) is 11.6 Å². The predicted molar refractivity (Wildman–Crippen MR) is 65.4 cm³/mol. The maximum Gasteiger partial charge on any atom is 0.253 e. The summed E-state index contributed by atoms with van der Waals surface area (Å²) in [6.07, 6.45) is 0. The van der Waals surface area contributed by atoms with Crippen LogP contribution in [0.2, 0.25) is 5.02 Å². The van der Waals surface area contributed by atoms with Crippen molar-refractivity contribution in [2.75, 3.05) is 0 Å². The van der Waals surface area contributed by atoms with E-state index in [1.54, 1.807) is 13.8 Å². The van der Waals surface area contributed by atoms with Gasteiger partial charge < -0.3 is 5.32 Å². The lowest BCUT2D eigenvalue weighted by molar-refractivity contribution is 0.0943. The second-order valence-electron chi connectivity index (χ2n) is 3.81. The van der Waals surface area contributed by atoms with E-state index >= 15 is 0 Å². The minimum Gasteiger partial charge on any atom is -0.350 e. The number of rotatable bonds is 3. The molecule has 1 amide bonds. The number of sulfonamides is 1. The van der Waals surface area contributed by atoms with E-state index in [9.17, 15) is 13.2 Å². The van der Waals surface area contributed by atoms with Gasteiger partial charge in [0.1, 0.15) is 0 Å². The van der Waals surface area contributed by atoms with Crippen LogP contribution in [0.15, 0.2) is 23.1 Å². The fourth-order valence-corrected chi connectivity index (χ4v) is 1.94. The van der Waals surface area contributed by atoms with Gasteiger partial charge in [0.2, 0.25) is 10.0 Å². The van der Waals surface area contributed by atoms with Gasteiger partial charge in [0.15, 0.2) is 0 Å². The molecule has 0 aliphatic heterocycles. The highest BCUT2D eigenvalue weighted by Crippen LogP contribution is 2.19. The number of halogens is 1. The third kappa shape index (κ3) is 3.69. The topological polar surface area (TPSA) is 89.3 Å². The van der Waals surface area contributed by atoms with E-state index in [1.165, 1.54) is 12.1 Å². The van der Waals surface area contributed by atoms with Gasteiger partial charge in [-0.05, 0) is 32.0 Å². The Kier molecular flexibility index (Phi) is 4.13. The zero-order valence-corrected chi connectivity index (χ0v) is 11.0. The number of amides is 1. The Balaban J connectivity index is 3.20. The van der Waals surface area contributed by atoms with Crippen molar-refractivity contribution in [3.63, 3.8) is 0 Å². The molecule has 0 bridgehead atoms. The summed E-state index contributed by atoms with van der Waals surface area (Å²) in [6.45, 7) is 3.57. The summed E-state index contributed by atoms with van der Waals surface area (Å²) in [6, 6.07) is 3.67. The Morgan fingerprint density at radius 3 is 2.47 bits per heavy atom. The average Bonchev–Trinajstić information content (AvgIpc) is 2.15. The Labute approximate surface area is 105 Å². The van der Waals surface area contributed by atoms with Crippen molar-refractivity contribution in [2.45, 2.75) is 24.8 Å². The number of carbonyl (C=O) groups excluding carboxylic acids is 1. The Bertz CT molecular complexity index is 540. The Hall–Kier alpha value is -1.11. The summed E-state index contributed by atoms with van der Waals surface area (Å²) in [5.41, 5.74) is 0.0897. The van der Waals surface area contributed by atoms with E-state index in [-0.39, 0.29) is 21.5 Å². The van der Waals surface area contributed by atoms with E-state index < -0.39 is 15.9 Å². The highest BCUT2D eigenvalue weighted by molar-refractivity contribution is 7.89. The largest absolute Gasteiger partial charge is 0.350 e. The number of nitrogens with one attached hydrogen (secondary N) is 1. The fourth-order valence-electron chi connectivity index (χ4n) is 1.20. The molecule has 0 radical (unpaired) electrons. The number of hydrogen-bond donors (Lipinski definition) is 2. The average molecular weight is 277 g/mol. The lowest BCUT2D eigenvalue weighted by Gasteiger charge is -2.10. The van der Waals surface area contributed by atoms with Crippen LogP contribution in [0.25, 0.3) is 0 Å². The molecule has 0 aromatic heterocycles. The molecule has 0 unspecified atom stereocenters. The summed E-state index contributed by atoms with van der Waals surface area (Å²) in [5, 5.41) is 7.77. The van der Waals surface area contributed by atoms with Gasteiger partial charge in [-0.15, -0.1) is 0 Å². The van der Waals surface area contributed by atoms with Gasteiger partial charge in [0, 0.05) is 6.04 Å². The Morgan fingerprint density at radius 1 is 1.41 bits per heavy atom. The van der Waals surface area contributed by atoms with Gasteiger partial charge in [0.25, 0.3) is 5.91 Å². The van der Waals surface area contributed by atoms with Crippen molar-refractivity contribution < 1.29 is 13.2 Å². The van der Waals surface area contributed by atoms with Crippen LogP contribution < -0.4 is 10.5 Å². The van der Waals surface area contributed by atoms with Crippen molar-refractivity contribution in [1.29, 1.82) is 0 Å². The fraction of sp³-hybridized carbons (Fsp3) is 0.300. The number of nitrogens with two attached hydrogens (primary N) is 1. The smallest absolute Gasteiger partial charge is 0.253 e. The summed E-state index contributed by atoms with van der Waals surface area (Å²) in [7, 11) is -3.84. The van der Waals surface area contributed by atoms with Crippen LogP contribution in [0.4, 0.5) is 0 Å². The number of carbonyl (C=O) groups is 1. The molecule has 3 N–H and O–H groups in total. The first-order valence-corrected chi connectivity index (χ1v) is 6.77. The maximum atomic E-state index is 11.7. The van der Waals surface area contributed by atoms with Gasteiger partial charge in [-0.25, -0.2) is 13.6 Å². The molecule has 0 aliphatic carbocycles. The molecule has 0 saturated heterocycles. The highest BCUT2D eigenvalue weighted by atomic mass is 35.5. The third-order valence-corrected chi connectivity index (χ3v) is 3.17. The van der Waals surface area contributed by atoms with Crippen LogP contribution in [0.1, 0.15) is 24.2 Å². The molecular weight excluding hydrogens is 264 g/mol. The first-order valence-electron chi connectivity index (χ1n) is 4.85. The standard InChI is InChI=1S/C10H13ClN2O3S/c1-6(2)13-10(14)8-5-7(17(12,15)16)3-4-9(8)11/h3-6H,1-2H3,(H,13,14)(H2,12,15,16). The Morgan fingerprint density at radius 2 is 2.00 bits per heavy atom. The van der Waals surface area contributed by atoms with Crippen molar-refractivity contribution in [3.8, 4) is 0 Å². The second kappa shape index (κ2) is 5.03. The van der Waals surface area contributed by atoms with E-state index in [4.69, 9.17) is 16.7 Å².